The fourth-order valence-electron chi connectivity index (χ4n) is 2.35. The predicted octanol–water partition coefficient (Wildman–Crippen LogP) is 2.06. The summed E-state index contributed by atoms with van der Waals surface area (Å²) in [6.45, 7) is 1.65. The van der Waals surface area contributed by atoms with E-state index < -0.39 is 12.0 Å². The van der Waals surface area contributed by atoms with E-state index in [-0.39, 0.29) is 6.42 Å². The third-order valence-electron chi connectivity index (χ3n) is 3.45. The molecule has 4 nitrogen and oxygen atoms in total. The predicted molar refractivity (Wildman–Crippen MR) is 68.4 cm³/mol. The van der Waals surface area contributed by atoms with Crippen molar-refractivity contribution in [3.63, 3.8) is 0 Å². The highest BCUT2D eigenvalue weighted by Gasteiger charge is 2.16. The van der Waals surface area contributed by atoms with E-state index in [9.17, 15) is 4.79 Å². The lowest BCUT2D eigenvalue weighted by Gasteiger charge is -2.22. The van der Waals surface area contributed by atoms with E-state index >= 15 is 0 Å². The van der Waals surface area contributed by atoms with E-state index in [4.69, 9.17) is 15.6 Å². The number of carboxylic acids is 1. The zero-order chi connectivity index (χ0) is 13.0. The molecule has 1 aromatic rings. The minimum absolute atomic E-state index is 0.0311. The van der Waals surface area contributed by atoms with Crippen LogP contribution in [-0.4, -0.2) is 24.3 Å². The van der Waals surface area contributed by atoms with Crippen molar-refractivity contribution in [2.45, 2.75) is 31.2 Å². The Balaban J connectivity index is 2.02. The van der Waals surface area contributed by atoms with Crippen LogP contribution >= 0.6 is 0 Å². The molecule has 0 saturated carbocycles. The summed E-state index contributed by atoms with van der Waals surface area (Å²) in [5.41, 5.74) is 8.00. The van der Waals surface area contributed by atoms with Crippen LogP contribution < -0.4 is 5.73 Å². The molecule has 1 unspecified atom stereocenters. The summed E-state index contributed by atoms with van der Waals surface area (Å²) in [6.07, 6.45) is 2.08. The lowest BCUT2D eigenvalue weighted by Crippen LogP contribution is -2.16. The first-order chi connectivity index (χ1) is 8.66. The molecule has 4 heteroatoms. The van der Waals surface area contributed by atoms with Crippen LogP contribution in [0.25, 0.3) is 0 Å². The minimum atomic E-state index is -0.865. The molecule has 1 fully saturated rings. The van der Waals surface area contributed by atoms with Gasteiger partial charge in [-0.3, -0.25) is 4.79 Å². The first-order valence-electron chi connectivity index (χ1n) is 6.32. The molecular formula is C14H19NO3. The van der Waals surface area contributed by atoms with Gasteiger partial charge in [0, 0.05) is 19.3 Å². The molecule has 1 heterocycles. The van der Waals surface area contributed by atoms with E-state index in [2.05, 4.69) is 12.1 Å². The summed E-state index contributed by atoms with van der Waals surface area (Å²) < 4.78 is 5.34. The maximum atomic E-state index is 10.6. The second kappa shape index (κ2) is 5.98. The van der Waals surface area contributed by atoms with E-state index in [1.807, 2.05) is 12.1 Å². The van der Waals surface area contributed by atoms with Crippen LogP contribution in [0.4, 0.5) is 0 Å². The van der Waals surface area contributed by atoms with Crippen LogP contribution in [0.2, 0.25) is 0 Å². The topological polar surface area (TPSA) is 72.6 Å². The minimum Gasteiger partial charge on any atom is -0.481 e. The van der Waals surface area contributed by atoms with Gasteiger partial charge in [-0.25, -0.2) is 0 Å². The molecule has 0 amide bonds. The maximum absolute atomic E-state index is 10.6. The average molecular weight is 249 g/mol. The number of rotatable bonds is 4. The van der Waals surface area contributed by atoms with Crippen molar-refractivity contribution in [1.29, 1.82) is 0 Å². The molecule has 0 bridgehead atoms. The van der Waals surface area contributed by atoms with Crippen LogP contribution in [0.5, 0.6) is 0 Å². The van der Waals surface area contributed by atoms with Gasteiger partial charge in [0.25, 0.3) is 0 Å². The molecule has 0 aromatic heterocycles. The van der Waals surface area contributed by atoms with Crippen molar-refractivity contribution in [2.24, 2.45) is 5.73 Å². The molecule has 3 N–H and O–H groups in total. The molecule has 1 aliphatic heterocycles. The third kappa shape index (κ3) is 3.31. The fraction of sp³-hybridized carbons (Fsp3) is 0.500. The van der Waals surface area contributed by atoms with Gasteiger partial charge >= 0.3 is 5.97 Å². The summed E-state index contributed by atoms with van der Waals surface area (Å²) in [5, 5.41) is 8.71. The highest BCUT2D eigenvalue weighted by atomic mass is 16.5. The first kappa shape index (κ1) is 13.1. The standard InChI is InChI=1S/C14H19NO3/c15-13(9-14(16)17)12-3-1-10(2-4-12)11-5-7-18-8-6-11/h1-4,11,13H,5-9,15H2,(H,16,17). The number of carbonyl (C=O) groups is 1. The Labute approximate surface area is 107 Å². The van der Waals surface area contributed by atoms with E-state index in [0.29, 0.717) is 5.92 Å². The zero-order valence-corrected chi connectivity index (χ0v) is 10.3. The van der Waals surface area contributed by atoms with Crippen molar-refractivity contribution in [3.05, 3.63) is 35.4 Å². The smallest absolute Gasteiger partial charge is 0.305 e. The van der Waals surface area contributed by atoms with Crippen LogP contribution in [0.1, 0.15) is 42.3 Å². The normalized spacial score (nSPS) is 18.5. The summed E-state index contributed by atoms with van der Waals surface area (Å²) in [7, 11) is 0. The number of hydrogen-bond acceptors (Lipinski definition) is 3. The molecule has 2 rings (SSSR count). The zero-order valence-electron chi connectivity index (χ0n) is 10.3. The summed E-state index contributed by atoms with van der Waals surface area (Å²) >= 11 is 0. The van der Waals surface area contributed by atoms with Crippen molar-refractivity contribution < 1.29 is 14.6 Å². The Kier molecular flexibility index (Phi) is 4.33. The molecule has 18 heavy (non-hydrogen) atoms. The van der Waals surface area contributed by atoms with Crippen LogP contribution in [0, 0.1) is 0 Å². The summed E-state index contributed by atoms with van der Waals surface area (Å²) in [6, 6.07) is 7.59. The molecule has 0 aliphatic carbocycles. The molecule has 1 atom stereocenters. The fourth-order valence-corrected chi connectivity index (χ4v) is 2.35. The van der Waals surface area contributed by atoms with Crippen molar-refractivity contribution >= 4 is 5.97 Å². The number of hydrogen-bond donors (Lipinski definition) is 2. The highest BCUT2D eigenvalue weighted by molar-refractivity contribution is 5.67. The third-order valence-corrected chi connectivity index (χ3v) is 3.45. The van der Waals surface area contributed by atoms with Gasteiger partial charge in [0.15, 0.2) is 0 Å². The van der Waals surface area contributed by atoms with Crippen LogP contribution in [0.3, 0.4) is 0 Å². The molecule has 1 saturated heterocycles. The van der Waals surface area contributed by atoms with Gasteiger partial charge < -0.3 is 15.6 Å². The van der Waals surface area contributed by atoms with Gasteiger partial charge in [0.05, 0.1) is 6.42 Å². The summed E-state index contributed by atoms with van der Waals surface area (Å²) in [4.78, 5) is 10.6. The lowest BCUT2D eigenvalue weighted by atomic mass is 9.90. The number of ether oxygens (including phenoxy) is 1. The second-order valence-corrected chi connectivity index (χ2v) is 4.76. The van der Waals surface area contributed by atoms with Crippen LogP contribution in [0.15, 0.2) is 24.3 Å². The Morgan fingerprint density at radius 3 is 2.50 bits per heavy atom. The van der Waals surface area contributed by atoms with E-state index in [1.165, 1.54) is 5.56 Å². The Morgan fingerprint density at radius 2 is 1.94 bits per heavy atom. The Hall–Kier alpha value is -1.39. The molecular weight excluding hydrogens is 230 g/mol. The Morgan fingerprint density at radius 1 is 1.33 bits per heavy atom. The monoisotopic (exact) mass is 249 g/mol. The molecule has 0 spiro atoms. The molecule has 1 aliphatic rings. The SMILES string of the molecule is NC(CC(=O)O)c1ccc(C2CCOCC2)cc1. The highest BCUT2D eigenvalue weighted by Crippen LogP contribution is 2.27. The van der Waals surface area contributed by atoms with Gasteiger partial charge in [-0.1, -0.05) is 24.3 Å². The lowest BCUT2D eigenvalue weighted by molar-refractivity contribution is -0.137. The number of carboxylic acid groups (broad SMARTS) is 1. The van der Waals surface area contributed by atoms with Gasteiger partial charge in [-0.05, 0) is 29.9 Å². The Bertz CT molecular complexity index is 396. The second-order valence-electron chi connectivity index (χ2n) is 4.76. The number of nitrogens with two attached hydrogens (primary N) is 1. The van der Waals surface area contributed by atoms with Crippen molar-refractivity contribution in [2.75, 3.05) is 13.2 Å². The van der Waals surface area contributed by atoms with Gasteiger partial charge in [-0.2, -0.15) is 0 Å². The molecule has 0 radical (unpaired) electrons. The largest absolute Gasteiger partial charge is 0.481 e. The van der Waals surface area contributed by atoms with Crippen molar-refractivity contribution in [3.8, 4) is 0 Å². The molecule has 1 aromatic carbocycles. The summed E-state index contributed by atoms with van der Waals surface area (Å²) in [5.74, 6) is -0.306. The number of aliphatic carboxylic acids is 1. The first-order valence-corrected chi connectivity index (χ1v) is 6.32. The van der Waals surface area contributed by atoms with Gasteiger partial charge in [0.1, 0.15) is 0 Å². The maximum Gasteiger partial charge on any atom is 0.305 e. The van der Waals surface area contributed by atoms with Crippen molar-refractivity contribution in [1.82, 2.24) is 0 Å². The van der Waals surface area contributed by atoms with E-state index in [0.717, 1.165) is 31.6 Å². The molecule has 98 valence electrons. The van der Waals surface area contributed by atoms with Gasteiger partial charge in [0.2, 0.25) is 0 Å². The van der Waals surface area contributed by atoms with Crippen LogP contribution in [-0.2, 0) is 9.53 Å². The van der Waals surface area contributed by atoms with E-state index in [1.54, 1.807) is 0 Å². The quantitative estimate of drug-likeness (QED) is 0.856. The average Bonchev–Trinajstić information content (AvgIpc) is 2.39. The van der Waals surface area contributed by atoms with Gasteiger partial charge in [-0.15, -0.1) is 0 Å². The number of benzene rings is 1.